The van der Waals surface area contributed by atoms with Gasteiger partial charge in [-0.15, -0.1) is 10.2 Å². The van der Waals surface area contributed by atoms with Crippen molar-refractivity contribution in [2.45, 2.75) is 56.4 Å². The van der Waals surface area contributed by atoms with Crippen molar-refractivity contribution in [2.24, 2.45) is 5.92 Å². The molecule has 1 atom stereocenters. The highest BCUT2D eigenvalue weighted by Crippen LogP contribution is 2.41. The zero-order valence-corrected chi connectivity index (χ0v) is 25.1. The molecule has 1 N–H and O–H groups in total. The molecule has 4 heterocycles. The van der Waals surface area contributed by atoms with Crippen molar-refractivity contribution in [3.63, 3.8) is 0 Å². The van der Waals surface area contributed by atoms with E-state index < -0.39 is 32.9 Å². The Bertz CT molecular complexity index is 1660. The van der Waals surface area contributed by atoms with E-state index in [4.69, 9.17) is 0 Å². The summed E-state index contributed by atoms with van der Waals surface area (Å²) in [4.78, 5) is 32.5. The number of amides is 2. The second-order valence-corrected chi connectivity index (χ2v) is 14.2. The summed E-state index contributed by atoms with van der Waals surface area (Å²) in [7, 11) is -2.08. The first-order valence-corrected chi connectivity index (χ1v) is 16.2. The standard InChI is InChI=1S/C26H32F2N8O4S2/c1-4-15-11-17-21-18(35(24(15)38)14-20(37)34-9-7-33(3)8-10-34)12-16(42(39,40)32-26(2)5-6-26)13-19(21)36(31-17)25-30-29-23(41-25)22(27)28/h12-13,15,22,32H,4-11,14H2,1-3H3. The normalized spacial score (nSPS) is 20.9. The van der Waals surface area contributed by atoms with Crippen LogP contribution in [0.2, 0.25) is 0 Å². The van der Waals surface area contributed by atoms with Gasteiger partial charge in [0.1, 0.15) is 6.54 Å². The lowest BCUT2D eigenvalue weighted by atomic mass is 9.99. The molecule has 12 nitrogen and oxygen atoms in total. The van der Waals surface area contributed by atoms with E-state index in [1.54, 1.807) is 4.90 Å². The molecule has 1 saturated heterocycles. The van der Waals surface area contributed by atoms with Gasteiger partial charge in [0.25, 0.3) is 6.43 Å². The number of nitrogens with one attached hydrogen (secondary N) is 1. The number of anilines is 1. The number of rotatable bonds is 8. The van der Waals surface area contributed by atoms with Crippen molar-refractivity contribution in [3.05, 3.63) is 22.8 Å². The number of hydrogen-bond acceptors (Lipinski definition) is 9. The summed E-state index contributed by atoms with van der Waals surface area (Å²) in [5, 5.41) is 12.2. The second kappa shape index (κ2) is 10.6. The first kappa shape index (κ1) is 29.0. The molecule has 1 unspecified atom stereocenters. The number of likely N-dealkylation sites (N-methyl/N-ethyl adjacent to an activating group) is 1. The van der Waals surface area contributed by atoms with Crippen molar-refractivity contribution < 1.29 is 26.8 Å². The second-order valence-electron chi connectivity index (χ2n) is 11.5. The molecule has 16 heteroatoms. The van der Waals surface area contributed by atoms with Gasteiger partial charge in [0, 0.05) is 49.4 Å². The average Bonchev–Trinajstić information content (AvgIpc) is 3.33. The molecule has 0 radical (unpaired) electrons. The SMILES string of the molecule is CCC1Cc2nn(-c3nnc(C(F)F)s3)c3cc(S(=O)(=O)NC4(C)CC4)cc(c23)N(CC(=O)N2CCN(C)CC2)C1=O. The van der Waals surface area contributed by atoms with Crippen molar-refractivity contribution in [3.8, 4) is 5.13 Å². The monoisotopic (exact) mass is 622 g/mol. The van der Waals surface area contributed by atoms with E-state index >= 15 is 0 Å². The highest BCUT2D eigenvalue weighted by atomic mass is 32.2. The average molecular weight is 623 g/mol. The van der Waals surface area contributed by atoms with E-state index in [9.17, 15) is 26.8 Å². The number of halogens is 2. The Hall–Kier alpha value is -3.08. The smallest absolute Gasteiger partial charge is 0.291 e. The van der Waals surface area contributed by atoms with Crippen molar-refractivity contribution >= 4 is 49.8 Å². The van der Waals surface area contributed by atoms with Gasteiger partial charge in [-0.05, 0) is 45.4 Å². The molecule has 0 bridgehead atoms. The molecule has 1 saturated carbocycles. The Balaban J connectivity index is 1.52. The molecule has 226 valence electrons. The lowest BCUT2D eigenvalue weighted by Crippen LogP contribution is -2.51. The van der Waals surface area contributed by atoms with Gasteiger partial charge in [0.05, 0.1) is 21.8 Å². The van der Waals surface area contributed by atoms with Crippen LogP contribution >= 0.6 is 11.3 Å². The molecule has 3 aliphatic rings. The Labute approximate surface area is 245 Å². The summed E-state index contributed by atoms with van der Waals surface area (Å²) >= 11 is 0.653. The zero-order chi connectivity index (χ0) is 30.0. The Morgan fingerprint density at radius 1 is 1.19 bits per heavy atom. The number of benzene rings is 1. The molecule has 2 aromatic heterocycles. The minimum absolute atomic E-state index is 0.0455. The summed E-state index contributed by atoms with van der Waals surface area (Å²) in [5.74, 6) is -1.06. The molecular formula is C26H32F2N8O4S2. The summed E-state index contributed by atoms with van der Waals surface area (Å²) in [6.07, 6.45) is -0.766. The minimum Gasteiger partial charge on any atom is -0.339 e. The Morgan fingerprint density at radius 2 is 1.90 bits per heavy atom. The van der Waals surface area contributed by atoms with E-state index in [1.165, 1.54) is 21.7 Å². The number of aromatic nitrogens is 4. The fraction of sp³-hybridized carbons (Fsp3) is 0.577. The molecule has 3 aromatic rings. The number of alkyl halides is 2. The van der Waals surface area contributed by atoms with Crippen LogP contribution in [-0.4, -0.2) is 95.3 Å². The third-order valence-corrected chi connectivity index (χ3v) is 10.8. The fourth-order valence-electron chi connectivity index (χ4n) is 5.44. The largest absolute Gasteiger partial charge is 0.339 e. The van der Waals surface area contributed by atoms with Gasteiger partial charge in [-0.2, -0.15) is 5.10 Å². The van der Waals surface area contributed by atoms with E-state index in [0.29, 0.717) is 67.9 Å². The number of sulfonamides is 1. The molecule has 0 spiro atoms. The van der Waals surface area contributed by atoms with Crippen LogP contribution in [0.15, 0.2) is 17.0 Å². The summed E-state index contributed by atoms with van der Waals surface area (Å²) in [5.41, 5.74) is 0.452. The first-order valence-electron chi connectivity index (χ1n) is 13.9. The highest BCUT2D eigenvalue weighted by Gasteiger charge is 2.42. The predicted molar refractivity (Wildman–Crippen MR) is 151 cm³/mol. The molecule has 2 fully saturated rings. The molecular weight excluding hydrogens is 590 g/mol. The van der Waals surface area contributed by atoms with E-state index in [0.717, 1.165) is 0 Å². The lowest BCUT2D eigenvalue weighted by Gasteiger charge is -2.34. The minimum atomic E-state index is -4.06. The van der Waals surface area contributed by atoms with Gasteiger partial charge in [-0.3, -0.25) is 9.59 Å². The van der Waals surface area contributed by atoms with Crippen molar-refractivity contribution in [1.82, 2.24) is 34.5 Å². The Kier molecular flexibility index (Phi) is 7.30. The number of carbonyl (C=O) groups excluding carboxylic acids is 2. The van der Waals surface area contributed by atoms with E-state index in [2.05, 4.69) is 24.9 Å². The van der Waals surface area contributed by atoms with Crippen molar-refractivity contribution in [1.29, 1.82) is 0 Å². The summed E-state index contributed by atoms with van der Waals surface area (Å²) < 4.78 is 58.1. The molecule has 42 heavy (non-hydrogen) atoms. The quantitative estimate of drug-likeness (QED) is 0.405. The predicted octanol–water partition coefficient (Wildman–Crippen LogP) is 2.33. The van der Waals surface area contributed by atoms with Gasteiger partial charge in [-0.1, -0.05) is 18.3 Å². The molecule has 1 aromatic carbocycles. The maximum atomic E-state index is 13.9. The van der Waals surface area contributed by atoms with Crippen LogP contribution < -0.4 is 9.62 Å². The maximum Gasteiger partial charge on any atom is 0.291 e. The van der Waals surface area contributed by atoms with Crippen LogP contribution in [0.5, 0.6) is 0 Å². The van der Waals surface area contributed by atoms with Crippen molar-refractivity contribution in [2.75, 3.05) is 44.7 Å². The number of carbonyl (C=O) groups is 2. The molecule has 2 amide bonds. The lowest BCUT2D eigenvalue weighted by molar-refractivity contribution is -0.133. The van der Waals surface area contributed by atoms with Crippen LogP contribution in [0.4, 0.5) is 14.5 Å². The first-order chi connectivity index (χ1) is 19.9. The van der Waals surface area contributed by atoms with Crippen LogP contribution in [-0.2, 0) is 26.0 Å². The number of nitrogens with zero attached hydrogens (tertiary/aromatic N) is 7. The Morgan fingerprint density at radius 3 is 2.52 bits per heavy atom. The van der Waals surface area contributed by atoms with Crippen LogP contribution in [0.1, 0.15) is 50.2 Å². The number of hydrogen-bond donors (Lipinski definition) is 1. The van der Waals surface area contributed by atoms with E-state index in [1.807, 2.05) is 20.9 Å². The topological polar surface area (TPSA) is 134 Å². The molecule has 1 aliphatic carbocycles. The van der Waals surface area contributed by atoms with Crippen LogP contribution in [0.3, 0.4) is 0 Å². The van der Waals surface area contributed by atoms with Gasteiger partial charge < -0.3 is 14.7 Å². The van der Waals surface area contributed by atoms with Crippen LogP contribution in [0.25, 0.3) is 16.0 Å². The fourth-order valence-corrected chi connectivity index (χ4v) is 7.61. The third kappa shape index (κ3) is 5.29. The summed E-state index contributed by atoms with van der Waals surface area (Å²) in [6, 6.07) is 2.84. The maximum absolute atomic E-state index is 13.9. The number of piperazine rings is 1. The zero-order valence-electron chi connectivity index (χ0n) is 23.5. The van der Waals surface area contributed by atoms with Crippen LogP contribution in [0, 0.1) is 5.92 Å². The van der Waals surface area contributed by atoms with Gasteiger partial charge >= 0.3 is 0 Å². The molecule has 2 aliphatic heterocycles. The molecule has 6 rings (SSSR count). The van der Waals surface area contributed by atoms with Gasteiger partial charge in [-0.25, -0.2) is 26.6 Å². The third-order valence-electron chi connectivity index (χ3n) is 8.28. The van der Waals surface area contributed by atoms with Gasteiger partial charge in [0.2, 0.25) is 27.0 Å². The highest BCUT2D eigenvalue weighted by molar-refractivity contribution is 7.89. The van der Waals surface area contributed by atoms with E-state index in [-0.39, 0.29) is 46.0 Å². The summed E-state index contributed by atoms with van der Waals surface area (Å²) in [6.45, 7) is 5.87. The van der Waals surface area contributed by atoms with Gasteiger partial charge in [0.15, 0.2) is 5.01 Å².